The van der Waals surface area contributed by atoms with Gasteiger partial charge in [0.15, 0.2) is 6.10 Å². The Bertz CT molecular complexity index is 707. The fourth-order valence-corrected chi connectivity index (χ4v) is 4.56. The zero-order valence-electron chi connectivity index (χ0n) is 16.6. The number of alkyl halides is 3. The van der Waals surface area contributed by atoms with Crippen LogP contribution in [0.15, 0.2) is 24.3 Å². The standard InChI is InChI=1S/C21H28F3NO3/c1-14(2)20(27)10-8-19(9-11-20)12-13-25(18(19)26)16-6-4-15(5-7-16)17(28-3)21(22,23)24/h4-7,14,17,27H,8-13H2,1-3H3. The van der Waals surface area contributed by atoms with E-state index in [1.807, 2.05) is 13.8 Å². The maximum atomic E-state index is 13.1. The van der Waals surface area contributed by atoms with E-state index in [0.29, 0.717) is 44.3 Å². The second-order valence-corrected chi connectivity index (χ2v) is 8.49. The Morgan fingerprint density at radius 3 is 2.11 bits per heavy atom. The molecule has 1 aliphatic carbocycles. The van der Waals surface area contributed by atoms with Gasteiger partial charge in [0, 0.05) is 19.3 Å². The summed E-state index contributed by atoms with van der Waals surface area (Å²) in [4.78, 5) is 14.8. The molecule has 3 rings (SSSR count). The van der Waals surface area contributed by atoms with E-state index < -0.39 is 23.3 Å². The topological polar surface area (TPSA) is 49.8 Å². The van der Waals surface area contributed by atoms with E-state index in [9.17, 15) is 23.1 Å². The highest BCUT2D eigenvalue weighted by Gasteiger charge is 2.52. The first-order valence-electron chi connectivity index (χ1n) is 9.76. The second-order valence-electron chi connectivity index (χ2n) is 8.49. The molecule has 1 atom stereocenters. The summed E-state index contributed by atoms with van der Waals surface area (Å²) >= 11 is 0. The van der Waals surface area contributed by atoms with Gasteiger partial charge in [0.1, 0.15) is 0 Å². The smallest absolute Gasteiger partial charge is 0.390 e. The summed E-state index contributed by atoms with van der Waals surface area (Å²) in [6.45, 7) is 4.54. The number of carbonyl (C=O) groups is 1. The number of anilines is 1. The lowest BCUT2D eigenvalue weighted by Gasteiger charge is -2.43. The SMILES string of the molecule is COC(c1ccc(N2CCC3(CCC(O)(C(C)C)CC3)C2=O)cc1)C(F)(F)F. The molecule has 1 aliphatic heterocycles. The van der Waals surface area contributed by atoms with E-state index >= 15 is 0 Å². The van der Waals surface area contributed by atoms with Crippen LogP contribution in [0.5, 0.6) is 0 Å². The van der Waals surface area contributed by atoms with Gasteiger partial charge in [-0.2, -0.15) is 13.2 Å². The first kappa shape index (κ1) is 21.1. The predicted molar refractivity (Wildman–Crippen MR) is 99.9 cm³/mol. The highest BCUT2D eigenvalue weighted by Crippen LogP contribution is 2.50. The highest BCUT2D eigenvalue weighted by atomic mass is 19.4. The van der Waals surface area contributed by atoms with Gasteiger partial charge in [0.05, 0.1) is 11.0 Å². The molecule has 1 aromatic rings. The van der Waals surface area contributed by atoms with E-state index in [0.717, 1.165) is 7.11 Å². The van der Waals surface area contributed by atoms with Crippen LogP contribution in [0.1, 0.15) is 57.6 Å². The predicted octanol–water partition coefficient (Wildman–Crippen LogP) is 4.62. The zero-order chi connectivity index (χ0) is 20.7. The van der Waals surface area contributed by atoms with Crippen LogP contribution in [0.4, 0.5) is 18.9 Å². The van der Waals surface area contributed by atoms with Crippen molar-refractivity contribution in [1.82, 2.24) is 0 Å². The van der Waals surface area contributed by atoms with Crippen LogP contribution in [-0.2, 0) is 9.53 Å². The third-order valence-electron chi connectivity index (χ3n) is 6.70. The molecule has 1 amide bonds. The van der Waals surface area contributed by atoms with Crippen molar-refractivity contribution in [2.45, 2.75) is 63.8 Å². The average molecular weight is 399 g/mol. The van der Waals surface area contributed by atoms with E-state index in [1.54, 1.807) is 17.0 Å². The molecule has 4 nitrogen and oxygen atoms in total. The average Bonchev–Trinajstić information content (AvgIpc) is 2.94. The molecular formula is C21H28F3NO3. The van der Waals surface area contributed by atoms with E-state index in [2.05, 4.69) is 4.74 Å². The number of hydrogen-bond acceptors (Lipinski definition) is 3. The number of rotatable bonds is 4. The van der Waals surface area contributed by atoms with Crippen LogP contribution in [0, 0.1) is 11.3 Å². The normalized spacial score (nSPS) is 29.7. The Hall–Kier alpha value is -1.60. The molecule has 2 fully saturated rings. The molecular weight excluding hydrogens is 371 g/mol. The van der Waals surface area contributed by atoms with Crippen molar-refractivity contribution < 1.29 is 27.8 Å². The monoisotopic (exact) mass is 399 g/mol. The molecule has 1 saturated carbocycles. The summed E-state index contributed by atoms with van der Waals surface area (Å²) in [7, 11) is 1.03. The van der Waals surface area contributed by atoms with Crippen LogP contribution in [-0.4, -0.2) is 36.4 Å². The van der Waals surface area contributed by atoms with Crippen molar-refractivity contribution in [3.8, 4) is 0 Å². The maximum Gasteiger partial charge on any atom is 0.418 e. The summed E-state index contributed by atoms with van der Waals surface area (Å²) in [6.07, 6.45) is -3.25. The molecule has 1 N–H and O–H groups in total. The van der Waals surface area contributed by atoms with Gasteiger partial charge in [0.2, 0.25) is 5.91 Å². The number of benzene rings is 1. The number of nitrogens with zero attached hydrogens (tertiary/aromatic N) is 1. The van der Waals surface area contributed by atoms with Crippen LogP contribution in [0.2, 0.25) is 0 Å². The molecule has 2 aliphatic rings. The zero-order valence-corrected chi connectivity index (χ0v) is 16.6. The fourth-order valence-electron chi connectivity index (χ4n) is 4.56. The number of carbonyl (C=O) groups excluding carboxylic acids is 1. The van der Waals surface area contributed by atoms with Crippen molar-refractivity contribution >= 4 is 11.6 Å². The lowest BCUT2D eigenvalue weighted by molar-refractivity contribution is -0.215. The number of methoxy groups -OCH3 is 1. The molecule has 7 heteroatoms. The molecule has 1 aromatic carbocycles. The number of ether oxygens (including phenoxy) is 1. The Morgan fingerprint density at radius 2 is 1.64 bits per heavy atom. The molecule has 28 heavy (non-hydrogen) atoms. The van der Waals surface area contributed by atoms with Crippen molar-refractivity contribution in [2.75, 3.05) is 18.6 Å². The Balaban J connectivity index is 1.74. The first-order valence-corrected chi connectivity index (χ1v) is 9.76. The quantitative estimate of drug-likeness (QED) is 0.804. The molecule has 0 bridgehead atoms. The minimum absolute atomic E-state index is 0.0137. The van der Waals surface area contributed by atoms with Gasteiger partial charge in [-0.05, 0) is 55.7 Å². The van der Waals surface area contributed by atoms with Crippen LogP contribution in [0.3, 0.4) is 0 Å². The summed E-state index contributed by atoms with van der Waals surface area (Å²) in [5.74, 6) is 0.164. The third kappa shape index (κ3) is 3.66. The van der Waals surface area contributed by atoms with E-state index in [4.69, 9.17) is 0 Å². The second kappa shape index (κ2) is 7.34. The van der Waals surface area contributed by atoms with Crippen molar-refractivity contribution in [3.63, 3.8) is 0 Å². The van der Waals surface area contributed by atoms with Gasteiger partial charge in [-0.3, -0.25) is 4.79 Å². The van der Waals surface area contributed by atoms with E-state index in [-0.39, 0.29) is 17.4 Å². The van der Waals surface area contributed by atoms with Crippen molar-refractivity contribution in [2.24, 2.45) is 11.3 Å². The van der Waals surface area contributed by atoms with Gasteiger partial charge in [-0.25, -0.2) is 0 Å². The van der Waals surface area contributed by atoms with Crippen LogP contribution < -0.4 is 4.90 Å². The largest absolute Gasteiger partial charge is 0.418 e. The maximum absolute atomic E-state index is 13.1. The Kier molecular flexibility index (Phi) is 5.53. The van der Waals surface area contributed by atoms with Gasteiger partial charge >= 0.3 is 6.18 Å². The first-order chi connectivity index (χ1) is 13.0. The lowest BCUT2D eigenvalue weighted by atomic mass is 9.65. The Morgan fingerprint density at radius 1 is 1.07 bits per heavy atom. The fraction of sp³-hybridized carbons (Fsp3) is 0.667. The minimum Gasteiger partial charge on any atom is -0.390 e. The summed E-state index contributed by atoms with van der Waals surface area (Å²) in [5, 5.41) is 10.7. The number of aliphatic hydroxyl groups is 1. The third-order valence-corrected chi connectivity index (χ3v) is 6.70. The van der Waals surface area contributed by atoms with Gasteiger partial charge in [0.25, 0.3) is 0 Å². The molecule has 1 spiro atoms. The Labute approximate surface area is 163 Å². The van der Waals surface area contributed by atoms with E-state index in [1.165, 1.54) is 12.1 Å². The lowest BCUT2D eigenvalue weighted by Crippen LogP contribution is -2.46. The van der Waals surface area contributed by atoms with Gasteiger partial charge in [-0.1, -0.05) is 26.0 Å². The number of hydrogen-bond donors (Lipinski definition) is 1. The number of halogens is 3. The van der Waals surface area contributed by atoms with Crippen LogP contribution >= 0.6 is 0 Å². The highest BCUT2D eigenvalue weighted by molar-refractivity contribution is 6.00. The van der Waals surface area contributed by atoms with Crippen molar-refractivity contribution in [1.29, 1.82) is 0 Å². The van der Waals surface area contributed by atoms with Gasteiger partial charge < -0.3 is 14.7 Å². The molecule has 1 saturated heterocycles. The summed E-state index contributed by atoms with van der Waals surface area (Å²) in [5.41, 5.74) is -0.555. The number of amides is 1. The molecule has 1 unspecified atom stereocenters. The summed E-state index contributed by atoms with van der Waals surface area (Å²) in [6, 6.07) is 5.84. The van der Waals surface area contributed by atoms with Gasteiger partial charge in [-0.15, -0.1) is 0 Å². The van der Waals surface area contributed by atoms with Crippen molar-refractivity contribution in [3.05, 3.63) is 29.8 Å². The molecule has 0 radical (unpaired) electrons. The van der Waals surface area contributed by atoms with Crippen LogP contribution in [0.25, 0.3) is 0 Å². The summed E-state index contributed by atoms with van der Waals surface area (Å²) < 4.78 is 43.6. The molecule has 1 heterocycles. The molecule has 156 valence electrons. The molecule has 0 aromatic heterocycles. The minimum atomic E-state index is -4.49.